The smallest absolute Gasteiger partial charge is 0.260 e. The molecule has 0 aromatic heterocycles. The van der Waals surface area contributed by atoms with Crippen molar-refractivity contribution in [3.63, 3.8) is 0 Å². The lowest BCUT2D eigenvalue weighted by atomic mass is 9.54. The van der Waals surface area contributed by atoms with E-state index in [9.17, 15) is 5.11 Å². The van der Waals surface area contributed by atoms with Gasteiger partial charge in [0.15, 0.2) is 5.60 Å². The van der Waals surface area contributed by atoms with Gasteiger partial charge in [0.25, 0.3) is 5.79 Å². The zero-order valence-corrected chi connectivity index (χ0v) is 15.4. The summed E-state index contributed by atoms with van der Waals surface area (Å²) < 4.78 is 5.99. The van der Waals surface area contributed by atoms with Gasteiger partial charge in [0.1, 0.15) is 5.75 Å². The predicted molar refractivity (Wildman–Crippen MR) is 91.3 cm³/mol. The van der Waals surface area contributed by atoms with Gasteiger partial charge in [-0.3, -0.25) is 0 Å². The van der Waals surface area contributed by atoms with Gasteiger partial charge in [0.2, 0.25) is 0 Å². The summed E-state index contributed by atoms with van der Waals surface area (Å²) in [6.45, 7) is 0. The van der Waals surface area contributed by atoms with Crippen molar-refractivity contribution < 1.29 is 19.6 Å². The molecule has 1 N–H and O–H groups in total. The summed E-state index contributed by atoms with van der Waals surface area (Å²) in [5.74, 6) is 0.400. The van der Waals surface area contributed by atoms with Crippen LogP contribution >= 0.6 is 23.2 Å². The van der Waals surface area contributed by atoms with Crippen LogP contribution in [0, 0.1) is 23.2 Å². The van der Waals surface area contributed by atoms with E-state index in [2.05, 4.69) is 0 Å². The van der Waals surface area contributed by atoms with Crippen LogP contribution in [-0.2, 0) is 20.3 Å². The van der Waals surface area contributed by atoms with E-state index in [0.717, 1.165) is 37.7 Å². The van der Waals surface area contributed by atoms with E-state index in [4.69, 9.17) is 37.7 Å². The van der Waals surface area contributed by atoms with Crippen LogP contribution in [0.1, 0.15) is 37.7 Å². The van der Waals surface area contributed by atoms with Gasteiger partial charge in [-0.15, -0.1) is 11.6 Å². The minimum atomic E-state index is -1.01. The van der Waals surface area contributed by atoms with Crippen LogP contribution in [0.3, 0.4) is 0 Å². The fourth-order valence-electron chi connectivity index (χ4n) is 7.32. The normalized spacial score (nSPS) is 54.4. The van der Waals surface area contributed by atoms with E-state index in [1.165, 1.54) is 0 Å². The molecule has 0 amide bonds. The first kappa shape index (κ1) is 15.5. The van der Waals surface area contributed by atoms with Gasteiger partial charge in [0, 0.05) is 12.7 Å². The van der Waals surface area contributed by atoms with E-state index in [0.29, 0.717) is 28.2 Å². The third-order valence-corrected chi connectivity index (χ3v) is 9.25. The molecule has 1 aromatic carbocycles. The van der Waals surface area contributed by atoms with Crippen molar-refractivity contribution in [1.29, 1.82) is 0 Å². The topological polar surface area (TPSA) is 47.9 Å². The molecule has 2 spiro atoms. The summed E-state index contributed by atoms with van der Waals surface area (Å²) in [4.78, 5) is 11.6. The average molecular weight is 383 g/mol. The van der Waals surface area contributed by atoms with Crippen LogP contribution in [0.25, 0.3) is 0 Å². The highest BCUT2D eigenvalue weighted by Gasteiger charge is 2.86. The van der Waals surface area contributed by atoms with Crippen molar-refractivity contribution in [2.24, 2.45) is 23.2 Å². The Hall–Kier alpha value is -0.520. The Morgan fingerprint density at radius 1 is 1.12 bits per heavy atom. The minimum absolute atomic E-state index is 0.0286. The maximum atomic E-state index is 10.1. The highest BCUT2D eigenvalue weighted by atomic mass is 35.5. The molecule has 4 nitrogen and oxygen atoms in total. The van der Waals surface area contributed by atoms with Crippen molar-refractivity contribution in [2.45, 2.75) is 48.4 Å². The number of rotatable bonds is 2. The van der Waals surface area contributed by atoms with E-state index in [1.807, 2.05) is 6.07 Å². The predicted octanol–water partition coefficient (Wildman–Crippen LogP) is 4.36. The number of phenols is 1. The SMILES string of the molecule is COC1(c2ccc(Cl)c(O)c2)OOC12C1CC3CC4(Cl)CC2CC34C1. The van der Waals surface area contributed by atoms with Crippen LogP contribution < -0.4 is 0 Å². The molecule has 1 heterocycles. The molecule has 1 aliphatic heterocycles. The largest absolute Gasteiger partial charge is 0.506 e. The molecule has 4 saturated carbocycles. The van der Waals surface area contributed by atoms with Crippen molar-refractivity contribution in [2.75, 3.05) is 7.11 Å². The Kier molecular flexibility index (Phi) is 2.68. The third-order valence-electron chi connectivity index (χ3n) is 8.24. The minimum Gasteiger partial charge on any atom is -0.506 e. The molecular weight excluding hydrogens is 363 g/mol. The Labute approximate surface area is 156 Å². The summed E-state index contributed by atoms with van der Waals surface area (Å²) in [6, 6.07) is 5.18. The highest BCUT2D eigenvalue weighted by molar-refractivity contribution is 6.32. The number of hydrogen-bond acceptors (Lipinski definition) is 4. The van der Waals surface area contributed by atoms with E-state index in [-0.39, 0.29) is 10.6 Å². The molecule has 5 fully saturated rings. The van der Waals surface area contributed by atoms with E-state index < -0.39 is 11.4 Å². The molecule has 7 unspecified atom stereocenters. The Balaban J connectivity index is 1.51. The second-order valence-corrected chi connectivity index (χ2v) is 9.84. The van der Waals surface area contributed by atoms with Gasteiger partial charge in [0.05, 0.1) is 9.90 Å². The summed E-state index contributed by atoms with van der Waals surface area (Å²) in [7, 11) is 1.65. The Morgan fingerprint density at radius 2 is 1.88 bits per heavy atom. The second kappa shape index (κ2) is 4.31. The molecule has 1 saturated heterocycles. The number of fused-ring (bicyclic) bond motifs is 4. The number of benzene rings is 1. The van der Waals surface area contributed by atoms with Crippen LogP contribution in [-0.4, -0.2) is 22.7 Å². The average Bonchev–Trinajstić information content (AvgIpc) is 2.91. The van der Waals surface area contributed by atoms with Crippen LogP contribution in [0.2, 0.25) is 5.02 Å². The fourth-order valence-corrected chi connectivity index (χ4v) is 8.12. The lowest BCUT2D eigenvalue weighted by Crippen LogP contribution is -2.72. The molecule has 0 radical (unpaired) electrons. The van der Waals surface area contributed by atoms with Crippen molar-refractivity contribution in [3.05, 3.63) is 28.8 Å². The third kappa shape index (κ3) is 1.38. The fraction of sp³-hybridized carbons (Fsp3) is 0.684. The first-order valence-electron chi connectivity index (χ1n) is 9.01. The molecule has 1 aromatic rings. The van der Waals surface area contributed by atoms with Gasteiger partial charge in [-0.25, -0.2) is 4.89 Å². The summed E-state index contributed by atoms with van der Waals surface area (Å²) in [5, 5.41) is 10.4. The van der Waals surface area contributed by atoms with Gasteiger partial charge in [-0.05, 0) is 67.4 Å². The second-order valence-electron chi connectivity index (χ2n) is 8.71. The number of methoxy groups -OCH3 is 1. The van der Waals surface area contributed by atoms with Crippen LogP contribution in [0.15, 0.2) is 18.2 Å². The quantitative estimate of drug-likeness (QED) is 0.609. The van der Waals surface area contributed by atoms with E-state index in [1.54, 1.807) is 19.2 Å². The number of phenolic OH excluding ortho intramolecular Hbond substituents is 1. The number of aromatic hydroxyl groups is 1. The maximum Gasteiger partial charge on any atom is 0.260 e. The Morgan fingerprint density at radius 3 is 2.56 bits per heavy atom. The first-order chi connectivity index (χ1) is 11.9. The lowest BCUT2D eigenvalue weighted by Gasteiger charge is -2.61. The monoisotopic (exact) mass is 382 g/mol. The van der Waals surface area contributed by atoms with E-state index >= 15 is 0 Å². The molecule has 4 aliphatic carbocycles. The number of halogens is 2. The summed E-state index contributed by atoms with van der Waals surface area (Å²) >= 11 is 13.1. The molecule has 6 rings (SSSR count). The molecule has 7 atom stereocenters. The van der Waals surface area contributed by atoms with Crippen molar-refractivity contribution in [3.8, 4) is 5.75 Å². The van der Waals surface area contributed by atoms with Gasteiger partial charge in [-0.1, -0.05) is 17.7 Å². The highest BCUT2D eigenvalue weighted by Crippen LogP contribution is 2.84. The zero-order chi connectivity index (χ0) is 17.2. The molecule has 134 valence electrons. The standard InChI is InChI=1S/C19H20Cl2O4/c1-23-19(10-2-3-14(20)15(22)5-10)18(24-25-19)12-4-11-8-17(21)9-13(18)7-16(11,17)6-12/h2-3,5,11-13,22H,4,6-9H2,1H3. The van der Waals surface area contributed by atoms with Gasteiger partial charge in [-0.2, -0.15) is 4.89 Å². The Bertz CT molecular complexity index is 794. The number of alkyl halides is 1. The van der Waals surface area contributed by atoms with Crippen molar-refractivity contribution >= 4 is 23.2 Å². The number of hydrogen-bond donors (Lipinski definition) is 1. The van der Waals surface area contributed by atoms with Crippen LogP contribution in [0.5, 0.6) is 5.75 Å². The van der Waals surface area contributed by atoms with Crippen LogP contribution in [0.4, 0.5) is 0 Å². The maximum absolute atomic E-state index is 10.1. The molecule has 25 heavy (non-hydrogen) atoms. The molecule has 3 bridgehead atoms. The summed E-state index contributed by atoms with van der Waals surface area (Å²) in [6.07, 6.45) is 5.40. The molecule has 5 aliphatic rings. The molecular formula is C19H20Cl2O4. The number of ether oxygens (including phenoxy) is 1. The van der Waals surface area contributed by atoms with Crippen molar-refractivity contribution in [1.82, 2.24) is 0 Å². The zero-order valence-electron chi connectivity index (χ0n) is 13.9. The van der Waals surface area contributed by atoms with Gasteiger partial charge >= 0.3 is 0 Å². The van der Waals surface area contributed by atoms with Gasteiger partial charge < -0.3 is 9.84 Å². The molecule has 6 heteroatoms. The first-order valence-corrected chi connectivity index (χ1v) is 9.76. The lowest BCUT2D eigenvalue weighted by molar-refractivity contribution is -0.638. The summed E-state index contributed by atoms with van der Waals surface area (Å²) in [5.41, 5.74) is 0.527.